The average molecular weight is 264 g/mol. The lowest BCUT2D eigenvalue weighted by Gasteiger charge is -2.04. The molecule has 1 aromatic rings. The quantitative estimate of drug-likeness (QED) is 0.883. The topological polar surface area (TPSA) is 46.2 Å². The molecule has 13 heavy (non-hydrogen) atoms. The van der Waals surface area contributed by atoms with Crippen molar-refractivity contribution >= 4 is 26.0 Å². The van der Waals surface area contributed by atoms with Crippen LogP contribution in [0, 0.1) is 6.92 Å². The highest BCUT2D eigenvalue weighted by Gasteiger charge is 2.11. The minimum Gasteiger partial charge on any atom is -0.214 e. The van der Waals surface area contributed by atoms with Crippen molar-refractivity contribution in [1.82, 2.24) is 4.72 Å². The minimum absolute atomic E-state index is 0.271. The summed E-state index contributed by atoms with van der Waals surface area (Å²) in [6, 6.07) is 4.92. The van der Waals surface area contributed by atoms with Crippen LogP contribution in [0.3, 0.4) is 0 Å². The van der Waals surface area contributed by atoms with Crippen LogP contribution in [-0.4, -0.2) is 15.5 Å². The summed E-state index contributed by atoms with van der Waals surface area (Å²) >= 11 is 3.28. The maximum atomic E-state index is 11.3. The van der Waals surface area contributed by atoms with Gasteiger partial charge in [-0.1, -0.05) is 22.0 Å². The number of benzene rings is 1. The van der Waals surface area contributed by atoms with E-state index in [1.807, 2.05) is 6.92 Å². The second-order valence-electron chi connectivity index (χ2n) is 2.62. The highest BCUT2D eigenvalue weighted by Crippen LogP contribution is 2.20. The summed E-state index contributed by atoms with van der Waals surface area (Å²) in [7, 11) is -1.93. The van der Waals surface area contributed by atoms with Gasteiger partial charge < -0.3 is 0 Å². The molecule has 72 valence electrons. The zero-order chi connectivity index (χ0) is 10.1. The van der Waals surface area contributed by atoms with Crippen LogP contribution in [0.2, 0.25) is 0 Å². The SMILES string of the molecule is CNS(=O)(=O)c1ccc(C)c(Br)c1. The van der Waals surface area contributed by atoms with Gasteiger partial charge in [0.2, 0.25) is 10.0 Å². The molecule has 0 saturated carbocycles. The van der Waals surface area contributed by atoms with Crippen molar-refractivity contribution in [3.05, 3.63) is 28.2 Å². The zero-order valence-corrected chi connectivity index (χ0v) is 9.74. The van der Waals surface area contributed by atoms with E-state index in [0.717, 1.165) is 10.0 Å². The molecule has 0 heterocycles. The van der Waals surface area contributed by atoms with Crippen molar-refractivity contribution in [3.63, 3.8) is 0 Å². The van der Waals surface area contributed by atoms with E-state index in [-0.39, 0.29) is 4.90 Å². The predicted molar refractivity (Wildman–Crippen MR) is 55.1 cm³/mol. The number of halogens is 1. The molecule has 0 bridgehead atoms. The lowest BCUT2D eigenvalue weighted by molar-refractivity contribution is 0.588. The van der Waals surface area contributed by atoms with Crippen LogP contribution in [0.1, 0.15) is 5.56 Å². The maximum Gasteiger partial charge on any atom is 0.240 e. The lowest BCUT2D eigenvalue weighted by atomic mass is 10.2. The van der Waals surface area contributed by atoms with E-state index in [4.69, 9.17) is 0 Å². The summed E-state index contributed by atoms with van der Waals surface area (Å²) in [4.78, 5) is 0.271. The van der Waals surface area contributed by atoms with E-state index in [9.17, 15) is 8.42 Å². The first kappa shape index (κ1) is 10.7. The van der Waals surface area contributed by atoms with Gasteiger partial charge in [0, 0.05) is 4.47 Å². The van der Waals surface area contributed by atoms with Crippen LogP contribution in [0.15, 0.2) is 27.6 Å². The molecular weight excluding hydrogens is 254 g/mol. The molecule has 1 aromatic carbocycles. The Hall–Kier alpha value is -0.390. The first-order valence-corrected chi connectivity index (χ1v) is 5.94. The highest BCUT2D eigenvalue weighted by molar-refractivity contribution is 9.10. The molecule has 1 rings (SSSR count). The van der Waals surface area contributed by atoms with E-state index in [1.54, 1.807) is 18.2 Å². The molecule has 1 N–H and O–H groups in total. The van der Waals surface area contributed by atoms with E-state index in [0.29, 0.717) is 0 Å². The van der Waals surface area contributed by atoms with Gasteiger partial charge in [0.1, 0.15) is 0 Å². The van der Waals surface area contributed by atoms with Gasteiger partial charge in [-0.25, -0.2) is 13.1 Å². The van der Waals surface area contributed by atoms with Crippen LogP contribution in [-0.2, 0) is 10.0 Å². The van der Waals surface area contributed by atoms with Gasteiger partial charge >= 0.3 is 0 Å². The summed E-state index contributed by atoms with van der Waals surface area (Å²) in [6.07, 6.45) is 0. The molecule has 0 fully saturated rings. The largest absolute Gasteiger partial charge is 0.240 e. The molecule has 0 aliphatic heterocycles. The van der Waals surface area contributed by atoms with Crippen molar-refractivity contribution < 1.29 is 8.42 Å². The van der Waals surface area contributed by atoms with E-state index in [2.05, 4.69) is 20.7 Å². The molecule has 0 unspecified atom stereocenters. The molecule has 0 atom stereocenters. The fraction of sp³-hybridized carbons (Fsp3) is 0.250. The second kappa shape index (κ2) is 3.77. The maximum absolute atomic E-state index is 11.3. The van der Waals surface area contributed by atoms with Gasteiger partial charge in [-0.3, -0.25) is 0 Å². The minimum atomic E-state index is -3.32. The molecule has 0 aliphatic carbocycles. The Morgan fingerprint density at radius 1 is 1.38 bits per heavy atom. The number of sulfonamides is 1. The van der Waals surface area contributed by atoms with Crippen LogP contribution in [0.5, 0.6) is 0 Å². The third-order valence-corrected chi connectivity index (χ3v) is 3.99. The van der Waals surface area contributed by atoms with Crippen molar-refractivity contribution in [1.29, 1.82) is 0 Å². The molecule has 0 aromatic heterocycles. The van der Waals surface area contributed by atoms with Gasteiger partial charge in [0.25, 0.3) is 0 Å². The fourth-order valence-electron chi connectivity index (χ4n) is 0.859. The average Bonchev–Trinajstić information content (AvgIpc) is 2.09. The normalized spacial score (nSPS) is 11.6. The zero-order valence-electron chi connectivity index (χ0n) is 7.33. The Morgan fingerprint density at radius 2 is 2.00 bits per heavy atom. The predicted octanol–water partition coefficient (Wildman–Crippen LogP) is 1.67. The van der Waals surface area contributed by atoms with Crippen LogP contribution in [0.25, 0.3) is 0 Å². The Balaban J connectivity index is 3.27. The van der Waals surface area contributed by atoms with Gasteiger partial charge in [-0.05, 0) is 31.7 Å². The number of hydrogen-bond donors (Lipinski definition) is 1. The Morgan fingerprint density at radius 3 is 2.46 bits per heavy atom. The summed E-state index contributed by atoms with van der Waals surface area (Å²) in [5.74, 6) is 0. The monoisotopic (exact) mass is 263 g/mol. The standard InChI is InChI=1S/C8H10BrNO2S/c1-6-3-4-7(5-8(6)9)13(11,12)10-2/h3-5,10H,1-2H3. The van der Waals surface area contributed by atoms with Crippen molar-refractivity contribution in [2.45, 2.75) is 11.8 Å². The van der Waals surface area contributed by atoms with Crippen LogP contribution in [0.4, 0.5) is 0 Å². The fourth-order valence-corrected chi connectivity index (χ4v) is 2.14. The van der Waals surface area contributed by atoms with Gasteiger partial charge in [0.05, 0.1) is 4.90 Å². The first-order valence-electron chi connectivity index (χ1n) is 3.67. The smallest absolute Gasteiger partial charge is 0.214 e. The third kappa shape index (κ3) is 2.30. The molecule has 0 aliphatic rings. The van der Waals surface area contributed by atoms with Gasteiger partial charge in [-0.2, -0.15) is 0 Å². The molecule has 0 radical (unpaired) electrons. The van der Waals surface area contributed by atoms with Crippen molar-refractivity contribution in [2.24, 2.45) is 0 Å². The molecule has 0 spiro atoms. The summed E-state index contributed by atoms with van der Waals surface area (Å²) in [5.41, 5.74) is 1.01. The summed E-state index contributed by atoms with van der Waals surface area (Å²) in [6.45, 7) is 1.90. The Labute approximate surface area is 86.3 Å². The van der Waals surface area contributed by atoms with Crippen LogP contribution < -0.4 is 4.72 Å². The molecule has 5 heteroatoms. The third-order valence-electron chi connectivity index (χ3n) is 1.72. The van der Waals surface area contributed by atoms with Crippen LogP contribution >= 0.6 is 15.9 Å². The molecule has 0 amide bonds. The lowest BCUT2D eigenvalue weighted by Crippen LogP contribution is -2.18. The molecule has 0 saturated heterocycles. The van der Waals surface area contributed by atoms with Gasteiger partial charge in [0.15, 0.2) is 0 Å². The Bertz CT molecular complexity index is 414. The van der Waals surface area contributed by atoms with E-state index >= 15 is 0 Å². The summed E-state index contributed by atoms with van der Waals surface area (Å²) < 4.78 is 25.7. The highest BCUT2D eigenvalue weighted by atomic mass is 79.9. The summed E-state index contributed by atoms with van der Waals surface area (Å²) in [5, 5.41) is 0. The number of aryl methyl sites for hydroxylation is 1. The van der Waals surface area contributed by atoms with Crippen molar-refractivity contribution in [3.8, 4) is 0 Å². The number of rotatable bonds is 2. The Kier molecular flexibility index (Phi) is 3.10. The van der Waals surface area contributed by atoms with Crippen molar-refractivity contribution in [2.75, 3.05) is 7.05 Å². The number of nitrogens with one attached hydrogen (secondary N) is 1. The first-order chi connectivity index (χ1) is 5.97. The number of hydrogen-bond acceptors (Lipinski definition) is 2. The van der Waals surface area contributed by atoms with E-state index in [1.165, 1.54) is 7.05 Å². The van der Waals surface area contributed by atoms with Gasteiger partial charge in [-0.15, -0.1) is 0 Å². The second-order valence-corrected chi connectivity index (χ2v) is 5.36. The van der Waals surface area contributed by atoms with E-state index < -0.39 is 10.0 Å². The molecular formula is C8H10BrNO2S. The molecule has 3 nitrogen and oxygen atoms in total.